The van der Waals surface area contributed by atoms with Gasteiger partial charge in [0, 0.05) is 13.0 Å². The lowest BCUT2D eigenvalue weighted by atomic mass is 9.90. The van der Waals surface area contributed by atoms with Crippen molar-refractivity contribution in [2.75, 3.05) is 6.61 Å². The molecule has 1 aliphatic carbocycles. The van der Waals surface area contributed by atoms with Crippen molar-refractivity contribution < 1.29 is 14.3 Å². The van der Waals surface area contributed by atoms with E-state index < -0.39 is 0 Å². The predicted molar refractivity (Wildman–Crippen MR) is 65.3 cm³/mol. The number of rotatable bonds is 5. The first kappa shape index (κ1) is 12.1. The fourth-order valence-corrected chi connectivity index (χ4v) is 1.97. The Kier molecular flexibility index (Phi) is 3.79. The molecular weight excluding hydrogens is 216 g/mol. The number of carbonyl (C=O) groups excluding carboxylic acids is 1. The number of Topliss-reactive ketones (excluding diaryl/α,β-unsaturated/α-hetero) is 1. The lowest BCUT2D eigenvalue weighted by molar-refractivity contribution is -0.154. The molecule has 3 heteroatoms. The lowest BCUT2D eigenvalue weighted by Crippen LogP contribution is -2.52. The van der Waals surface area contributed by atoms with Gasteiger partial charge in [0.2, 0.25) is 0 Å². The summed E-state index contributed by atoms with van der Waals surface area (Å²) in [6.45, 7) is 4.54. The van der Waals surface area contributed by atoms with Crippen LogP contribution in [0.25, 0.3) is 0 Å². The molecule has 0 aromatic heterocycles. The monoisotopic (exact) mass is 234 g/mol. The second kappa shape index (κ2) is 5.32. The molecule has 2 atom stereocenters. The third-order valence-corrected chi connectivity index (χ3v) is 3.00. The molecule has 0 N–H and O–H groups in total. The summed E-state index contributed by atoms with van der Waals surface area (Å²) in [5, 5.41) is 0. The van der Waals surface area contributed by atoms with E-state index in [4.69, 9.17) is 9.47 Å². The summed E-state index contributed by atoms with van der Waals surface area (Å²) in [5.41, 5.74) is 1.24. The smallest absolute Gasteiger partial charge is 0.169 e. The molecule has 0 radical (unpaired) electrons. The minimum Gasteiger partial charge on any atom is -0.487 e. The molecule has 3 nitrogen and oxygen atoms in total. The summed E-state index contributed by atoms with van der Waals surface area (Å²) in [6.07, 6.45) is 0.955. The first-order valence-electron chi connectivity index (χ1n) is 6.14. The Morgan fingerprint density at radius 2 is 2.18 bits per heavy atom. The summed E-state index contributed by atoms with van der Waals surface area (Å²) in [7, 11) is 0. The van der Waals surface area contributed by atoms with Gasteiger partial charge in [0.05, 0.1) is 0 Å². The Labute approximate surface area is 102 Å². The van der Waals surface area contributed by atoms with Gasteiger partial charge < -0.3 is 9.47 Å². The standard InChI is InChI=1S/C14H18O3/c1-3-10-6-5-7-11(8-10)17-13-9-12(15)14(13)16-4-2/h5-8,13-14H,3-4,9H2,1-2H3. The zero-order valence-electron chi connectivity index (χ0n) is 10.3. The van der Waals surface area contributed by atoms with E-state index in [0.717, 1.165) is 12.2 Å². The molecule has 0 amide bonds. The average Bonchev–Trinajstić information content (AvgIpc) is 2.36. The van der Waals surface area contributed by atoms with Gasteiger partial charge in [0.25, 0.3) is 0 Å². The molecule has 2 unspecified atom stereocenters. The van der Waals surface area contributed by atoms with Crippen LogP contribution in [0.1, 0.15) is 25.8 Å². The molecule has 2 rings (SSSR count). The normalized spacial score (nSPS) is 23.3. The van der Waals surface area contributed by atoms with E-state index in [1.807, 2.05) is 25.1 Å². The van der Waals surface area contributed by atoms with Crippen LogP contribution in [0, 0.1) is 0 Å². The van der Waals surface area contributed by atoms with Gasteiger partial charge in [-0.15, -0.1) is 0 Å². The van der Waals surface area contributed by atoms with Gasteiger partial charge >= 0.3 is 0 Å². The average molecular weight is 234 g/mol. The van der Waals surface area contributed by atoms with Crippen LogP contribution in [0.4, 0.5) is 0 Å². The number of aryl methyl sites for hydroxylation is 1. The van der Waals surface area contributed by atoms with Gasteiger partial charge in [0.15, 0.2) is 11.9 Å². The van der Waals surface area contributed by atoms with Crippen LogP contribution in [0.3, 0.4) is 0 Å². The Morgan fingerprint density at radius 3 is 2.82 bits per heavy atom. The van der Waals surface area contributed by atoms with E-state index >= 15 is 0 Å². The van der Waals surface area contributed by atoms with Crippen molar-refractivity contribution in [3.05, 3.63) is 29.8 Å². The Hall–Kier alpha value is -1.35. The van der Waals surface area contributed by atoms with Gasteiger partial charge in [-0.2, -0.15) is 0 Å². The van der Waals surface area contributed by atoms with Crippen molar-refractivity contribution in [1.29, 1.82) is 0 Å². The molecule has 17 heavy (non-hydrogen) atoms. The Morgan fingerprint density at radius 1 is 1.35 bits per heavy atom. The largest absolute Gasteiger partial charge is 0.487 e. The molecule has 0 spiro atoms. The molecule has 1 aliphatic rings. The van der Waals surface area contributed by atoms with Gasteiger partial charge in [-0.1, -0.05) is 19.1 Å². The first-order chi connectivity index (χ1) is 8.24. The predicted octanol–water partition coefficient (Wildman–Crippen LogP) is 2.37. The highest BCUT2D eigenvalue weighted by molar-refractivity contribution is 5.90. The number of ether oxygens (including phenoxy) is 2. The third-order valence-electron chi connectivity index (χ3n) is 3.00. The number of ketones is 1. The van der Waals surface area contributed by atoms with E-state index in [2.05, 4.69) is 13.0 Å². The topological polar surface area (TPSA) is 35.5 Å². The molecular formula is C14H18O3. The number of carbonyl (C=O) groups is 1. The van der Waals surface area contributed by atoms with Gasteiger partial charge in [-0.3, -0.25) is 4.79 Å². The van der Waals surface area contributed by atoms with Crippen LogP contribution >= 0.6 is 0 Å². The van der Waals surface area contributed by atoms with Crippen molar-refractivity contribution in [3.8, 4) is 5.75 Å². The summed E-state index contributed by atoms with van der Waals surface area (Å²) < 4.78 is 11.1. The maximum atomic E-state index is 11.3. The molecule has 1 saturated carbocycles. The zero-order valence-corrected chi connectivity index (χ0v) is 10.3. The van der Waals surface area contributed by atoms with E-state index in [1.54, 1.807) is 0 Å². The molecule has 1 aromatic rings. The fourth-order valence-electron chi connectivity index (χ4n) is 1.97. The maximum absolute atomic E-state index is 11.3. The molecule has 1 fully saturated rings. The highest BCUT2D eigenvalue weighted by atomic mass is 16.5. The maximum Gasteiger partial charge on any atom is 0.169 e. The van der Waals surface area contributed by atoms with Crippen LogP contribution < -0.4 is 4.74 Å². The molecule has 1 aromatic carbocycles. The molecule has 0 heterocycles. The second-order valence-corrected chi connectivity index (χ2v) is 4.20. The Balaban J connectivity index is 1.98. The van der Waals surface area contributed by atoms with Gasteiger partial charge in [-0.25, -0.2) is 0 Å². The zero-order chi connectivity index (χ0) is 12.3. The third kappa shape index (κ3) is 2.67. The first-order valence-corrected chi connectivity index (χ1v) is 6.14. The Bertz CT molecular complexity index is 400. The van der Waals surface area contributed by atoms with Crippen molar-refractivity contribution >= 4 is 5.78 Å². The summed E-state index contributed by atoms with van der Waals surface area (Å²) in [6, 6.07) is 7.99. The van der Waals surface area contributed by atoms with Crippen LogP contribution in [-0.2, 0) is 16.0 Å². The van der Waals surface area contributed by atoms with Crippen molar-refractivity contribution in [1.82, 2.24) is 0 Å². The van der Waals surface area contributed by atoms with Gasteiger partial charge in [-0.05, 0) is 31.0 Å². The van der Waals surface area contributed by atoms with Crippen molar-refractivity contribution in [2.24, 2.45) is 0 Å². The molecule has 0 saturated heterocycles. The summed E-state index contributed by atoms with van der Waals surface area (Å²) in [4.78, 5) is 11.3. The highest BCUT2D eigenvalue weighted by Crippen LogP contribution is 2.26. The van der Waals surface area contributed by atoms with Crippen molar-refractivity contribution in [2.45, 2.75) is 38.9 Å². The lowest BCUT2D eigenvalue weighted by Gasteiger charge is -2.34. The summed E-state index contributed by atoms with van der Waals surface area (Å²) >= 11 is 0. The van der Waals surface area contributed by atoms with Crippen LogP contribution in [0.2, 0.25) is 0 Å². The van der Waals surface area contributed by atoms with Crippen LogP contribution in [0.5, 0.6) is 5.75 Å². The van der Waals surface area contributed by atoms with Crippen molar-refractivity contribution in [3.63, 3.8) is 0 Å². The van der Waals surface area contributed by atoms with Gasteiger partial charge in [0.1, 0.15) is 11.9 Å². The highest BCUT2D eigenvalue weighted by Gasteiger charge is 2.42. The van der Waals surface area contributed by atoms with E-state index in [9.17, 15) is 4.79 Å². The van der Waals surface area contributed by atoms with E-state index in [0.29, 0.717) is 13.0 Å². The number of hydrogen-bond acceptors (Lipinski definition) is 3. The van der Waals surface area contributed by atoms with Crippen LogP contribution in [-0.4, -0.2) is 24.6 Å². The van der Waals surface area contributed by atoms with E-state index in [-0.39, 0.29) is 18.0 Å². The minimum absolute atomic E-state index is 0.116. The fraction of sp³-hybridized carbons (Fsp3) is 0.500. The SMILES string of the molecule is CCOC1C(=O)CC1Oc1cccc(CC)c1. The van der Waals surface area contributed by atoms with E-state index in [1.165, 1.54) is 5.56 Å². The molecule has 92 valence electrons. The number of benzene rings is 1. The molecule has 0 bridgehead atoms. The van der Waals surface area contributed by atoms with Crippen LogP contribution in [0.15, 0.2) is 24.3 Å². The number of hydrogen-bond donors (Lipinski definition) is 0. The quantitative estimate of drug-likeness (QED) is 0.784. The minimum atomic E-state index is -0.370. The summed E-state index contributed by atoms with van der Waals surface area (Å²) in [5.74, 6) is 0.968. The second-order valence-electron chi connectivity index (χ2n) is 4.20. The molecule has 0 aliphatic heterocycles.